The number of carbonyl (C=O) groups excluding carboxylic acids is 1. The summed E-state index contributed by atoms with van der Waals surface area (Å²) in [6.07, 6.45) is -4.08. The van der Waals surface area contributed by atoms with Gasteiger partial charge in [0.1, 0.15) is 17.1 Å². The lowest BCUT2D eigenvalue weighted by Crippen LogP contribution is -2.37. The molecule has 0 aliphatic rings. The Morgan fingerprint density at radius 1 is 1.20 bits per heavy atom. The molecule has 0 saturated heterocycles. The van der Waals surface area contributed by atoms with E-state index in [-0.39, 0.29) is 34.5 Å². The van der Waals surface area contributed by atoms with Crippen LogP contribution >= 0.6 is 34.8 Å². The van der Waals surface area contributed by atoms with Crippen LogP contribution < -0.4 is 10.1 Å². The predicted octanol–water partition coefficient (Wildman–Crippen LogP) is 4.83. The molecule has 1 N–H and O–H groups in total. The zero-order chi connectivity index (χ0) is 22.1. The largest absolute Gasteiger partial charge is 0.479 e. The Morgan fingerprint density at radius 2 is 1.93 bits per heavy atom. The van der Waals surface area contributed by atoms with E-state index in [1.165, 1.54) is 19.2 Å². The van der Waals surface area contributed by atoms with Crippen molar-refractivity contribution >= 4 is 46.4 Å². The topological polar surface area (TPSA) is 68.5 Å². The van der Waals surface area contributed by atoms with Gasteiger partial charge in [0.15, 0.2) is 11.8 Å². The van der Waals surface area contributed by atoms with E-state index in [1.54, 1.807) is 12.1 Å². The number of hydrogen-bond donors (Lipinski definition) is 1. The number of nitrogens with zero attached hydrogens (tertiary/aromatic N) is 3. The number of pyridine rings is 1. The van der Waals surface area contributed by atoms with Gasteiger partial charge >= 0.3 is 6.18 Å². The summed E-state index contributed by atoms with van der Waals surface area (Å²) in [6, 6.07) is 5.39. The van der Waals surface area contributed by atoms with Gasteiger partial charge in [0.05, 0.1) is 10.0 Å². The number of benzene rings is 1. The highest BCUT2D eigenvalue weighted by Crippen LogP contribution is 2.33. The van der Waals surface area contributed by atoms with Crippen LogP contribution in [0.5, 0.6) is 5.75 Å². The van der Waals surface area contributed by atoms with E-state index in [1.807, 2.05) is 0 Å². The number of nitrogens with one attached hydrogen (secondary N) is 1. The van der Waals surface area contributed by atoms with Gasteiger partial charge in [0.2, 0.25) is 0 Å². The third-order valence-electron chi connectivity index (χ3n) is 4.06. The monoisotopic (exact) mass is 480 g/mol. The maximum absolute atomic E-state index is 13.2. The Morgan fingerprint density at radius 3 is 2.60 bits per heavy atom. The standard InChI is InChI=1S/C18H14Cl3F3N4O2/c1-9(30-14-3-2-10(19)7-13(14)21)17(29)25-5-4-15-26-27-16-12(18(22,23)24)6-11(20)8-28(15)16/h2-3,6-9H,4-5H2,1H3,(H,25,29)/t9-/m0/s1. The van der Waals surface area contributed by atoms with Crippen molar-refractivity contribution in [1.29, 1.82) is 0 Å². The molecule has 2 aromatic heterocycles. The third kappa shape index (κ3) is 5.08. The van der Waals surface area contributed by atoms with Crippen molar-refractivity contribution in [1.82, 2.24) is 19.9 Å². The van der Waals surface area contributed by atoms with E-state index in [0.717, 1.165) is 10.5 Å². The van der Waals surface area contributed by atoms with Gasteiger partial charge in [0.25, 0.3) is 5.91 Å². The van der Waals surface area contributed by atoms with E-state index >= 15 is 0 Å². The van der Waals surface area contributed by atoms with Gasteiger partial charge in [-0.15, -0.1) is 10.2 Å². The molecular formula is C18H14Cl3F3N4O2. The second-order valence-corrected chi connectivity index (χ2v) is 7.54. The van der Waals surface area contributed by atoms with Crippen LogP contribution in [0, 0.1) is 0 Å². The van der Waals surface area contributed by atoms with Crippen LogP contribution in [0.4, 0.5) is 13.2 Å². The van der Waals surface area contributed by atoms with Crippen LogP contribution in [-0.4, -0.2) is 33.2 Å². The van der Waals surface area contributed by atoms with Crippen LogP contribution in [-0.2, 0) is 17.4 Å². The number of hydrogen-bond acceptors (Lipinski definition) is 4. The quantitative estimate of drug-likeness (QED) is 0.547. The molecule has 0 bridgehead atoms. The van der Waals surface area contributed by atoms with Gasteiger partial charge in [-0.2, -0.15) is 13.2 Å². The van der Waals surface area contributed by atoms with Gasteiger partial charge < -0.3 is 10.1 Å². The molecule has 0 saturated carbocycles. The molecule has 0 unspecified atom stereocenters. The summed E-state index contributed by atoms with van der Waals surface area (Å²) >= 11 is 17.6. The summed E-state index contributed by atoms with van der Waals surface area (Å²) in [4.78, 5) is 12.2. The molecule has 1 atom stereocenters. The van der Waals surface area contributed by atoms with Crippen molar-refractivity contribution < 1.29 is 22.7 Å². The maximum Gasteiger partial charge on any atom is 0.420 e. The first-order chi connectivity index (χ1) is 14.1. The second-order valence-electron chi connectivity index (χ2n) is 6.26. The van der Waals surface area contributed by atoms with Crippen molar-refractivity contribution in [3.63, 3.8) is 0 Å². The predicted molar refractivity (Wildman–Crippen MR) is 106 cm³/mol. The number of carbonyl (C=O) groups is 1. The second kappa shape index (κ2) is 8.87. The van der Waals surface area contributed by atoms with Gasteiger partial charge in [0, 0.05) is 24.2 Å². The molecule has 0 aliphatic heterocycles. The summed E-state index contributed by atoms with van der Waals surface area (Å²) < 4.78 is 46.1. The van der Waals surface area contributed by atoms with Gasteiger partial charge in [-0.3, -0.25) is 9.20 Å². The SMILES string of the molecule is C[C@H](Oc1ccc(Cl)cc1Cl)C(=O)NCCc1nnc2c(C(F)(F)F)cc(Cl)cn12. The van der Waals surface area contributed by atoms with Crippen LogP contribution in [0.3, 0.4) is 0 Å². The molecule has 1 amide bonds. The van der Waals surface area contributed by atoms with Crippen LogP contribution in [0.2, 0.25) is 15.1 Å². The first kappa shape index (κ1) is 22.5. The molecule has 3 rings (SSSR count). The van der Waals surface area contributed by atoms with Crippen molar-refractivity contribution in [2.75, 3.05) is 6.54 Å². The third-order valence-corrected chi connectivity index (χ3v) is 4.80. The number of aromatic nitrogens is 3. The number of amides is 1. The molecular weight excluding hydrogens is 468 g/mol. The smallest absolute Gasteiger partial charge is 0.420 e. The summed E-state index contributed by atoms with van der Waals surface area (Å²) in [7, 11) is 0. The summed E-state index contributed by atoms with van der Waals surface area (Å²) in [5.74, 6) is 0.0676. The fraction of sp³-hybridized carbons (Fsp3) is 0.278. The Bertz CT molecular complexity index is 1090. The lowest BCUT2D eigenvalue weighted by atomic mass is 10.2. The molecule has 2 heterocycles. The van der Waals surface area contributed by atoms with Crippen molar-refractivity contribution in [2.45, 2.75) is 25.6 Å². The number of halogens is 6. The number of rotatable bonds is 6. The molecule has 6 nitrogen and oxygen atoms in total. The molecule has 12 heteroatoms. The average Bonchev–Trinajstić information content (AvgIpc) is 3.05. The molecule has 30 heavy (non-hydrogen) atoms. The van der Waals surface area contributed by atoms with Gasteiger partial charge in [-0.1, -0.05) is 34.8 Å². The molecule has 0 aliphatic carbocycles. The minimum Gasteiger partial charge on any atom is -0.479 e. The van der Waals surface area contributed by atoms with Crippen molar-refractivity contribution in [2.24, 2.45) is 0 Å². The molecule has 3 aromatic rings. The fourth-order valence-electron chi connectivity index (χ4n) is 2.64. The van der Waals surface area contributed by atoms with Crippen LogP contribution in [0.25, 0.3) is 5.65 Å². The Hall–Kier alpha value is -2.23. The van der Waals surface area contributed by atoms with E-state index in [2.05, 4.69) is 15.5 Å². The minimum atomic E-state index is -4.62. The molecule has 0 radical (unpaired) electrons. The lowest BCUT2D eigenvalue weighted by Gasteiger charge is -2.15. The normalized spacial score (nSPS) is 12.8. The minimum absolute atomic E-state index is 0.0928. The molecule has 1 aromatic carbocycles. The molecule has 160 valence electrons. The molecule has 0 spiro atoms. The van der Waals surface area contributed by atoms with E-state index < -0.39 is 23.8 Å². The zero-order valence-corrected chi connectivity index (χ0v) is 17.6. The van der Waals surface area contributed by atoms with Gasteiger partial charge in [-0.25, -0.2) is 0 Å². The van der Waals surface area contributed by atoms with Crippen molar-refractivity contribution in [3.8, 4) is 5.75 Å². The average molecular weight is 482 g/mol. The number of alkyl halides is 3. The van der Waals surface area contributed by atoms with E-state index in [4.69, 9.17) is 39.5 Å². The first-order valence-corrected chi connectivity index (χ1v) is 9.69. The molecule has 0 fully saturated rings. The maximum atomic E-state index is 13.2. The van der Waals surface area contributed by atoms with Crippen LogP contribution in [0.15, 0.2) is 30.5 Å². The van der Waals surface area contributed by atoms with Crippen LogP contribution in [0.1, 0.15) is 18.3 Å². The van der Waals surface area contributed by atoms with E-state index in [0.29, 0.717) is 10.8 Å². The first-order valence-electron chi connectivity index (χ1n) is 8.56. The number of fused-ring (bicyclic) bond motifs is 1. The Balaban J connectivity index is 1.64. The Kier molecular flexibility index (Phi) is 6.64. The summed E-state index contributed by atoms with van der Waals surface area (Å²) in [5, 5.41) is 10.6. The highest BCUT2D eigenvalue weighted by molar-refractivity contribution is 6.35. The lowest BCUT2D eigenvalue weighted by molar-refractivity contribution is -0.136. The van der Waals surface area contributed by atoms with E-state index in [9.17, 15) is 18.0 Å². The number of ether oxygens (including phenoxy) is 1. The van der Waals surface area contributed by atoms with Gasteiger partial charge in [-0.05, 0) is 31.2 Å². The summed E-state index contributed by atoms with van der Waals surface area (Å²) in [5.41, 5.74) is -1.35. The summed E-state index contributed by atoms with van der Waals surface area (Å²) in [6.45, 7) is 1.62. The Labute approximate surface area is 183 Å². The fourth-order valence-corrected chi connectivity index (χ4v) is 3.30. The highest BCUT2D eigenvalue weighted by Gasteiger charge is 2.35. The zero-order valence-electron chi connectivity index (χ0n) is 15.3. The highest BCUT2D eigenvalue weighted by atomic mass is 35.5. The van der Waals surface area contributed by atoms with Crippen molar-refractivity contribution in [3.05, 3.63) is 56.9 Å².